The van der Waals surface area contributed by atoms with Crippen LogP contribution in [0.1, 0.15) is 24.0 Å². The van der Waals surface area contributed by atoms with Crippen molar-refractivity contribution in [2.24, 2.45) is 0 Å². The minimum Gasteiger partial charge on any atom is -0.445 e. The molecule has 0 atom stereocenters. The molecule has 190 valence electrons. The molecule has 1 saturated heterocycles. The summed E-state index contributed by atoms with van der Waals surface area (Å²) in [5, 5.41) is 10.6. The van der Waals surface area contributed by atoms with E-state index in [-0.39, 0.29) is 6.61 Å². The van der Waals surface area contributed by atoms with Crippen LogP contribution in [-0.4, -0.2) is 58.2 Å². The first-order valence-corrected chi connectivity index (χ1v) is 12.8. The zero-order valence-corrected chi connectivity index (χ0v) is 21.2. The number of hydrogen-bond donors (Lipinski definition) is 2. The van der Waals surface area contributed by atoms with Crippen LogP contribution in [0.5, 0.6) is 0 Å². The third kappa shape index (κ3) is 7.46. The fourth-order valence-corrected chi connectivity index (χ4v) is 4.30. The van der Waals surface area contributed by atoms with Gasteiger partial charge in [-0.15, -0.1) is 5.10 Å². The minimum absolute atomic E-state index is 0.162. The molecule has 0 unspecified atom stereocenters. The lowest BCUT2D eigenvalue weighted by molar-refractivity contribution is 0.122. The summed E-state index contributed by atoms with van der Waals surface area (Å²) < 4.78 is 12.3. The van der Waals surface area contributed by atoms with E-state index in [1.807, 2.05) is 31.2 Å². The number of hydrogen-bond acceptors (Lipinski definition) is 9. The van der Waals surface area contributed by atoms with Crippen LogP contribution in [0.4, 0.5) is 22.0 Å². The lowest BCUT2D eigenvalue weighted by atomic mass is 10.2. The normalized spacial score (nSPS) is 13.3. The molecule has 0 radical (unpaired) electrons. The predicted octanol–water partition coefficient (Wildman–Crippen LogP) is 4.12. The summed E-state index contributed by atoms with van der Waals surface area (Å²) in [5.74, 6) is 2.27. The number of aryl methyl sites for hydroxylation is 1. The molecule has 1 amide bonds. The Bertz CT molecular complexity index is 1160. The maximum atomic E-state index is 11.8. The van der Waals surface area contributed by atoms with E-state index in [1.165, 1.54) is 6.08 Å². The number of nitrogens with zero attached hydrogens (tertiary/aromatic N) is 5. The highest BCUT2D eigenvalue weighted by molar-refractivity contribution is 7.96. The number of aromatic nitrogens is 4. The number of ether oxygens (including phenoxy) is 2. The van der Waals surface area contributed by atoms with Gasteiger partial charge in [0, 0.05) is 43.5 Å². The van der Waals surface area contributed by atoms with Gasteiger partial charge in [-0.1, -0.05) is 31.7 Å². The Kier molecular flexibility index (Phi) is 9.17. The van der Waals surface area contributed by atoms with Gasteiger partial charge in [0.05, 0.1) is 24.7 Å². The van der Waals surface area contributed by atoms with Crippen molar-refractivity contribution in [1.82, 2.24) is 19.2 Å². The summed E-state index contributed by atoms with van der Waals surface area (Å²) in [5.41, 5.74) is 3.72. The SMILES string of the molecule is C=CCOC(=O)Nc1cccc(CNc2cc(N3CCOCC3)cc(CSn3cnc(CC)n3)n2)c1. The maximum Gasteiger partial charge on any atom is 0.411 e. The first kappa shape index (κ1) is 25.5. The van der Waals surface area contributed by atoms with E-state index in [2.05, 4.69) is 44.3 Å². The molecule has 36 heavy (non-hydrogen) atoms. The van der Waals surface area contributed by atoms with Gasteiger partial charge in [0.1, 0.15) is 18.8 Å². The van der Waals surface area contributed by atoms with Crippen molar-refractivity contribution in [2.75, 3.05) is 48.4 Å². The van der Waals surface area contributed by atoms with Crippen molar-refractivity contribution in [3.63, 3.8) is 0 Å². The monoisotopic (exact) mass is 509 g/mol. The second-order valence-electron chi connectivity index (χ2n) is 8.06. The second-order valence-corrected chi connectivity index (χ2v) is 8.98. The van der Waals surface area contributed by atoms with Crippen molar-refractivity contribution in [3.8, 4) is 0 Å². The highest BCUT2D eigenvalue weighted by atomic mass is 32.2. The molecule has 10 nitrogen and oxygen atoms in total. The molecule has 0 spiro atoms. The first-order chi connectivity index (χ1) is 17.6. The summed E-state index contributed by atoms with van der Waals surface area (Å²) in [6.07, 6.45) is 3.56. The average molecular weight is 510 g/mol. The Morgan fingerprint density at radius 3 is 2.92 bits per heavy atom. The van der Waals surface area contributed by atoms with Crippen LogP contribution in [0.25, 0.3) is 0 Å². The molecular weight excluding hydrogens is 478 g/mol. The average Bonchev–Trinajstić information content (AvgIpc) is 3.38. The van der Waals surface area contributed by atoms with Crippen molar-refractivity contribution < 1.29 is 14.3 Å². The van der Waals surface area contributed by atoms with E-state index in [0.717, 1.165) is 48.1 Å². The predicted molar refractivity (Wildman–Crippen MR) is 142 cm³/mol. The van der Waals surface area contributed by atoms with E-state index in [0.29, 0.717) is 31.2 Å². The first-order valence-electron chi connectivity index (χ1n) is 11.9. The Hall–Kier alpha value is -3.57. The molecule has 4 rings (SSSR count). The standard InChI is InChI=1S/C25H31N7O3S/c1-3-10-35-25(33)29-20-7-5-6-19(13-20)16-26-24-15-22(31-8-11-34-12-9-31)14-21(28-24)17-36-32-18-27-23(4-2)30-32/h3,5-7,13-15,18H,1,4,8-12,16-17H2,2H3,(H,26,28)(H,29,33). The molecule has 0 saturated carbocycles. The third-order valence-electron chi connectivity index (χ3n) is 5.40. The number of carbonyl (C=O) groups is 1. The molecule has 2 N–H and O–H groups in total. The van der Waals surface area contributed by atoms with Crippen LogP contribution in [0.3, 0.4) is 0 Å². The second kappa shape index (κ2) is 12.9. The molecule has 1 fully saturated rings. The summed E-state index contributed by atoms with van der Waals surface area (Å²) in [6, 6.07) is 11.8. The van der Waals surface area contributed by atoms with Crippen LogP contribution in [-0.2, 0) is 28.2 Å². The van der Waals surface area contributed by atoms with E-state index >= 15 is 0 Å². The number of benzene rings is 1. The Balaban J connectivity index is 1.45. The Morgan fingerprint density at radius 1 is 1.28 bits per heavy atom. The molecule has 3 aromatic rings. The third-order valence-corrected chi connectivity index (χ3v) is 6.26. The summed E-state index contributed by atoms with van der Waals surface area (Å²) in [4.78, 5) is 23.3. The van der Waals surface area contributed by atoms with Gasteiger partial charge in [-0.25, -0.2) is 14.8 Å². The smallest absolute Gasteiger partial charge is 0.411 e. The van der Waals surface area contributed by atoms with Gasteiger partial charge in [-0.05, 0) is 35.7 Å². The lowest BCUT2D eigenvalue weighted by Crippen LogP contribution is -2.36. The van der Waals surface area contributed by atoms with E-state index < -0.39 is 6.09 Å². The van der Waals surface area contributed by atoms with Crippen molar-refractivity contribution >= 4 is 35.2 Å². The highest BCUT2D eigenvalue weighted by Crippen LogP contribution is 2.24. The number of morpholine rings is 1. The number of rotatable bonds is 11. The largest absolute Gasteiger partial charge is 0.445 e. The van der Waals surface area contributed by atoms with Crippen LogP contribution < -0.4 is 15.5 Å². The lowest BCUT2D eigenvalue weighted by Gasteiger charge is -2.29. The number of amides is 1. The molecule has 3 heterocycles. The molecule has 1 aromatic carbocycles. The van der Waals surface area contributed by atoms with Gasteiger partial charge in [0.2, 0.25) is 0 Å². The molecule has 0 aliphatic carbocycles. The number of anilines is 3. The van der Waals surface area contributed by atoms with Crippen molar-refractivity contribution in [1.29, 1.82) is 0 Å². The van der Waals surface area contributed by atoms with Crippen LogP contribution in [0.15, 0.2) is 55.4 Å². The van der Waals surface area contributed by atoms with Gasteiger partial charge in [-0.2, -0.15) is 4.09 Å². The fourth-order valence-electron chi connectivity index (χ4n) is 3.62. The Labute approximate surface area is 215 Å². The number of nitrogens with one attached hydrogen (secondary N) is 2. The zero-order valence-electron chi connectivity index (χ0n) is 20.4. The van der Waals surface area contributed by atoms with Crippen molar-refractivity contribution in [2.45, 2.75) is 25.6 Å². The zero-order chi connectivity index (χ0) is 25.2. The van der Waals surface area contributed by atoms with Gasteiger partial charge in [-0.3, -0.25) is 5.32 Å². The quantitative estimate of drug-likeness (QED) is 0.369. The highest BCUT2D eigenvalue weighted by Gasteiger charge is 2.14. The van der Waals surface area contributed by atoms with Crippen molar-refractivity contribution in [3.05, 3.63) is 72.5 Å². The van der Waals surface area contributed by atoms with Gasteiger partial charge >= 0.3 is 6.09 Å². The molecule has 1 aliphatic heterocycles. The summed E-state index contributed by atoms with van der Waals surface area (Å²) in [6.45, 7) is 9.40. The van der Waals surface area contributed by atoms with E-state index in [4.69, 9.17) is 14.5 Å². The Morgan fingerprint density at radius 2 is 2.14 bits per heavy atom. The minimum atomic E-state index is -0.513. The fraction of sp³-hybridized carbons (Fsp3) is 0.360. The maximum absolute atomic E-state index is 11.8. The van der Waals surface area contributed by atoms with Crippen LogP contribution in [0.2, 0.25) is 0 Å². The van der Waals surface area contributed by atoms with Gasteiger partial charge in [0.15, 0.2) is 5.82 Å². The topological polar surface area (TPSA) is 106 Å². The van der Waals surface area contributed by atoms with Crippen LogP contribution in [0, 0.1) is 0 Å². The number of pyridine rings is 1. The summed E-state index contributed by atoms with van der Waals surface area (Å²) in [7, 11) is 0. The number of carbonyl (C=O) groups excluding carboxylic acids is 1. The molecular formula is C25H31N7O3S. The molecule has 11 heteroatoms. The summed E-state index contributed by atoms with van der Waals surface area (Å²) >= 11 is 1.55. The molecule has 1 aliphatic rings. The van der Waals surface area contributed by atoms with E-state index in [9.17, 15) is 4.79 Å². The van der Waals surface area contributed by atoms with E-state index in [1.54, 1.807) is 22.4 Å². The van der Waals surface area contributed by atoms with Gasteiger partial charge in [0.25, 0.3) is 0 Å². The molecule has 0 bridgehead atoms. The molecule has 2 aromatic heterocycles. The van der Waals surface area contributed by atoms with Gasteiger partial charge < -0.3 is 19.7 Å². The van der Waals surface area contributed by atoms with Crippen LogP contribution >= 0.6 is 11.9 Å².